The lowest BCUT2D eigenvalue weighted by atomic mass is 9.79. The van der Waals surface area contributed by atoms with Gasteiger partial charge in [0.2, 0.25) is 0 Å². The minimum Gasteiger partial charge on any atom is -0.313 e. The van der Waals surface area contributed by atoms with Crippen molar-refractivity contribution in [2.24, 2.45) is 0 Å². The van der Waals surface area contributed by atoms with Crippen molar-refractivity contribution < 1.29 is 0 Å². The molecule has 2 aliphatic carbocycles. The zero-order valence-corrected chi connectivity index (χ0v) is 60.8. The fourth-order valence-corrected chi connectivity index (χ4v) is 20.4. The molecule has 1 aliphatic heterocycles. The predicted octanol–water partition coefficient (Wildman–Crippen LogP) is 29.0. The highest BCUT2D eigenvalue weighted by Crippen LogP contribution is 2.59. The summed E-state index contributed by atoms with van der Waals surface area (Å²) in [5.41, 5.74) is 33.1. The third kappa shape index (κ3) is 11.0. The van der Waals surface area contributed by atoms with Crippen molar-refractivity contribution in [1.29, 1.82) is 0 Å². The topological polar surface area (TPSA) is 4.93 Å². The Morgan fingerprint density at radius 1 is 0.296 bits per heavy atom. The van der Waals surface area contributed by atoms with Gasteiger partial charge in [0, 0.05) is 76.1 Å². The second-order valence-electron chi connectivity index (χ2n) is 28.8. The first kappa shape index (κ1) is 63.6. The molecule has 0 spiro atoms. The zero-order valence-electron chi connectivity index (χ0n) is 59.2. The zero-order chi connectivity index (χ0) is 71.2. The quantitative estimate of drug-likeness (QED) is 0.110. The molecule has 108 heavy (non-hydrogen) atoms. The number of hydrogen-bond acceptors (Lipinski definition) is 2. The van der Waals surface area contributed by atoms with Crippen LogP contribution in [-0.4, -0.2) is 9.82 Å². The third-order valence-electron chi connectivity index (χ3n) is 22.5. The van der Waals surface area contributed by atoms with E-state index >= 15 is 0 Å². The van der Waals surface area contributed by atoms with Crippen LogP contribution in [0.5, 0.6) is 0 Å². The summed E-state index contributed by atoms with van der Waals surface area (Å²) in [5, 5.41) is 8.83. The van der Waals surface area contributed by atoms with E-state index in [9.17, 15) is 0 Å². The third-order valence-corrected chi connectivity index (χ3v) is 25.3. The Morgan fingerprint density at radius 2 is 0.750 bits per heavy atom. The first-order valence-electron chi connectivity index (χ1n) is 37.5. The maximum absolute atomic E-state index is 2.59. The SMILES string of the molecule is C1=CC(c2cc(-c3ccccc3)cc3c2sc2c(-c4ccccc4)cc(-c4ccccc4)cc23)=Cc2c(n(-c3cccc(-c4ccc5c(-c6ccccc6)c6ccccc6c(-c6ccccc6)c5c4)c3)c3ccc(C4=CC(c5ccccc5)=CC5c6cc(-c7ccccc7)cc(-c7ccccc7)c6SC45)cc23)C1. The fraction of sp³-hybridized carbons (Fsp3) is 0.0286. The van der Waals surface area contributed by atoms with Crippen LogP contribution in [0.15, 0.2) is 393 Å². The average molecular weight is 1410 g/mol. The van der Waals surface area contributed by atoms with Crippen LogP contribution in [0, 0.1) is 0 Å². The molecule has 506 valence electrons. The van der Waals surface area contributed by atoms with Crippen molar-refractivity contribution in [2.45, 2.75) is 22.5 Å². The molecule has 3 heteroatoms. The Balaban J connectivity index is 0.791. The molecule has 0 saturated heterocycles. The van der Waals surface area contributed by atoms with Crippen LogP contribution in [0.25, 0.3) is 170 Å². The molecule has 3 heterocycles. The Kier molecular flexibility index (Phi) is 15.7. The molecular weight excluding hydrogens is 1340 g/mol. The molecule has 16 aromatic carbocycles. The molecule has 18 aromatic rings. The van der Waals surface area contributed by atoms with Gasteiger partial charge in [0.25, 0.3) is 0 Å². The molecule has 0 amide bonds. The van der Waals surface area contributed by atoms with E-state index in [2.05, 4.69) is 399 Å². The number of fused-ring (bicyclic) bond motifs is 11. The number of nitrogens with zero attached hydrogens (tertiary/aromatic N) is 1. The smallest absolute Gasteiger partial charge is 0.0538 e. The second-order valence-corrected chi connectivity index (χ2v) is 31.0. The number of thiophene rings is 1. The average Bonchev–Trinajstić information content (AvgIpc) is 1.05. The van der Waals surface area contributed by atoms with E-state index in [1.807, 2.05) is 23.1 Å². The summed E-state index contributed by atoms with van der Waals surface area (Å²) < 4.78 is 5.16. The normalized spacial score (nSPS) is 14.5. The highest BCUT2D eigenvalue weighted by atomic mass is 32.2. The van der Waals surface area contributed by atoms with Crippen LogP contribution in [-0.2, 0) is 6.42 Å². The van der Waals surface area contributed by atoms with Gasteiger partial charge in [0.1, 0.15) is 0 Å². The summed E-state index contributed by atoms with van der Waals surface area (Å²) in [6, 6.07) is 136. The Hall–Kier alpha value is -12.9. The van der Waals surface area contributed by atoms with Gasteiger partial charge < -0.3 is 4.57 Å². The molecule has 2 unspecified atom stereocenters. The molecule has 2 aromatic heterocycles. The summed E-state index contributed by atoms with van der Waals surface area (Å²) in [4.78, 5) is 1.36. The van der Waals surface area contributed by atoms with Gasteiger partial charge in [-0.3, -0.25) is 0 Å². The highest BCUT2D eigenvalue weighted by molar-refractivity contribution is 8.01. The van der Waals surface area contributed by atoms with Gasteiger partial charge in [0.05, 0.1) is 5.52 Å². The summed E-state index contributed by atoms with van der Waals surface area (Å²) in [6.07, 6.45) is 13.2. The van der Waals surface area contributed by atoms with Crippen LogP contribution in [0.2, 0.25) is 0 Å². The lowest BCUT2D eigenvalue weighted by molar-refractivity contribution is 0.897. The van der Waals surface area contributed by atoms with Crippen LogP contribution < -0.4 is 0 Å². The molecule has 0 bridgehead atoms. The van der Waals surface area contributed by atoms with E-state index in [4.69, 9.17) is 0 Å². The van der Waals surface area contributed by atoms with Crippen molar-refractivity contribution in [3.8, 4) is 94.7 Å². The maximum atomic E-state index is 2.59. The number of hydrogen-bond donors (Lipinski definition) is 0. The molecule has 0 N–H and O–H groups in total. The van der Waals surface area contributed by atoms with Gasteiger partial charge in [-0.25, -0.2) is 0 Å². The van der Waals surface area contributed by atoms with Crippen LogP contribution in [0.3, 0.4) is 0 Å². The molecule has 21 rings (SSSR count). The first-order chi connectivity index (χ1) is 53.5. The summed E-state index contributed by atoms with van der Waals surface area (Å²) in [5.74, 6) is 0.108. The van der Waals surface area contributed by atoms with E-state index in [0.717, 1.165) is 11.3 Å². The van der Waals surface area contributed by atoms with Gasteiger partial charge >= 0.3 is 0 Å². The Labute approximate surface area is 637 Å². The predicted molar refractivity (Wildman–Crippen MR) is 463 cm³/mol. The van der Waals surface area contributed by atoms with Crippen molar-refractivity contribution in [3.05, 3.63) is 422 Å². The van der Waals surface area contributed by atoms with Gasteiger partial charge in [-0.1, -0.05) is 315 Å². The van der Waals surface area contributed by atoms with Gasteiger partial charge in [-0.05, 0) is 217 Å². The van der Waals surface area contributed by atoms with Crippen molar-refractivity contribution in [2.75, 3.05) is 0 Å². The molecule has 0 fully saturated rings. The van der Waals surface area contributed by atoms with E-state index in [-0.39, 0.29) is 11.2 Å². The van der Waals surface area contributed by atoms with Gasteiger partial charge in [-0.2, -0.15) is 0 Å². The summed E-state index contributed by atoms with van der Waals surface area (Å²) >= 11 is 3.98. The lowest BCUT2D eigenvalue weighted by Gasteiger charge is -2.27. The molecule has 0 saturated carbocycles. The van der Waals surface area contributed by atoms with E-state index in [1.54, 1.807) is 0 Å². The number of rotatable bonds is 12. The van der Waals surface area contributed by atoms with Crippen molar-refractivity contribution in [1.82, 2.24) is 4.57 Å². The second kappa shape index (κ2) is 26.6. The number of thioether (sulfide) groups is 1. The minimum absolute atomic E-state index is 0.108. The van der Waals surface area contributed by atoms with Crippen molar-refractivity contribution in [3.63, 3.8) is 0 Å². The van der Waals surface area contributed by atoms with E-state index in [0.29, 0.717) is 6.42 Å². The fourth-order valence-electron chi connectivity index (χ4n) is 17.5. The molecule has 2 atom stereocenters. The maximum Gasteiger partial charge on any atom is 0.0538 e. The standard InChI is InChI=1S/C105H69NS2/c1-9-29-67(30-10-1)79-59-87(71-37-17-5-18-38-71)102-94(63-79)96-65-81(69-33-13-3-14-34-69)61-89(104(96)107-102)77-46-28-50-98-91(57-77)92-58-78(90-62-82(70-35-15-4-16-36-70)66-97-95-64-80(68-31-11-2-12-32-68)60-88(103(95)108-105(90)97)72-39-19-6-20-40-72)52-54-99(92)106(98)83-47-27-45-75(55-83)76-51-53-86-93(56-76)101(74-43-23-8-24-44-74)85-49-26-25-48-84(85)100(86)73-41-21-7-22-42-73/h1-49,51-66,97,105H,50H2. The number of aromatic nitrogens is 1. The van der Waals surface area contributed by atoms with Gasteiger partial charge in [0.15, 0.2) is 0 Å². The van der Waals surface area contributed by atoms with Gasteiger partial charge in [-0.15, -0.1) is 23.1 Å². The molecule has 3 aliphatic rings. The summed E-state index contributed by atoms with van der Waals surface area (Å²) in [7, 11) is 0. The first-order valence-corrected chi connectivity index (χ1v) is 39.2. The Bertz CT molecular complexity index is 6730. The van der Waals surface area contributed by atoms with Crippen LogP contribution >= 0.6 is 23.1 Å². The van der Waals surface area contributed by atoms with E-state index < -0.39 is 0 Å². The number of benzene rings is 16. The number of allylic oxidation sites excluding steroid dienone is 6. The van der Waals surface area contributed by atoms with Crippen LogP contribution in [0.1, 0.15) is 39.4 Å². The minimum atomic E-state index is 0.108. The lowest BCUT2D eigenvalue weighted by Crippen LogP contribution is -2.15. The Morgan fingerprint density at radius 3 is 1.35 bits per heavy atom. The van der Waals surface area contributed by atoms with Crippen LogP contribution in [0.4, 0.5) is 0 Å². The molecule has 0 radical (unpaired) electrons. The summed E-state index contributed by atoms with van der Waals surface area (Å²) in [6.45, 7) is 0. The largest absolute Gasteiger partial charge is 0.313 e. The monoisotopic (exact) mass is 1410 g/mol. The van der Waals surface area contributed by atoms with Crippen molar-refractivity contribution >= 4 is 98.5 Å². The molecule has 1 nitrogen and oxygen atoms in total. The molecular formula is C105H69NS2. The highest BCUT2D eigenvalue weighted by Gasteiger charge is 2.40. The van der Waals surface area contributed by atoms with E-state index in [1.165, 1.54) is 191 Å².